The maximum absolute atomic E-state index is 11.4. The Balaban J connectivity index is 0.00000200. The molecule has 1 aromatic carbocycles. The van der Waals surface area contributed by atoms with Crippen LogP contribution in [0.2, 0.25) is 0 Å². The standard InChI is InChI=1S/C15H23N3O.2ClH/c1-12(16)15(19)17-10-13-4-6-14(7-5-13)11-18-8-2-3-9-18;;/h4-7,12H,2-3,8-11,16H2,1H3,(H,17,19);2*1H/t12-;;/m1../s1. The highest BCUT2D eigenvalue weighted by Crippen LogP contribution is 2.13. The minimum Gasteiger partial charge on any atom is -0.351 e. The number of amides is 1. The number of likely N-dealkylation sites (tertiary alicyclic amines) is 1. The lowest BCUT2D eigenvalue weighted by atomic mass is 10.1. The average Bonchev–Trinajstić information content (AvgIpc) is 2.90. The third-order valence-electron chi connectivity index (χ3n) is 3.51. The van der Waals surface area contributed by atoms with Gasteiger partial charge in [-0.1, -0.05) is 24.3 Å². The number of rotatable bonds is 5. The topological polar surface area (TPSA) is 58.4 Å². The Morgan fingerprint density at radius 2 is 1.71 bits per heavy atom. The first-order valence-electron chi connectivity index (χ1n) is 6.98. The highest BCUT2D eigenvalue weighted by molar-refractivity contribution is 5.85. The molecule has 0 aliphatic carbocycles. The van der Waals surface area contributed by atoms with Gasteiger partial charge in [0.2, 0.25) is 5.91 Å². The summed E-state index contributed by atoms with van der Waals surface area (Å²) < 4.78 is 0. The van der Waals surface area contributed by atoms with E-state index in [1.54, 1.807) is 6.92 Å². The zero-order chi connectivity index (χ0) is 13.7. The summed E-state index contributed by atoms with van der Waals surface area (Å²) in [5.41, 5.74) is 7.95. The molecule has 1 aliphatic rings. The summed E-state index contributed by atoms with van der Waals surface area (Å²) in [5.74, 6) is -0.110. The van der Waals surface area contributed by atoms with Gasteiger partial charge in [-0.15, -0.1) is 24.8 Å². The molecule has 1 aromatic rings. The quantitative estimate of drug-likeness (QED) is 0.867. The molecule has 6 heteroatoms. The van der Waals surface area contributed by atoms with Crippen LogP contribution in [0.4, 0.5) is 0 Å². The molecule has 2 rings (SSSR count). The largest absolute Gasteiger partial charge is 0.351 e. The van der Waals surface area contributed by atoms with E-state index in [0.29, 0.717) is 6.54 Å². The van der Waals surface area contributed by atoms with E-state index < -0.39 is 6.04 Å². The molecule has 120 valence electrons. The molecule has 0 bridgehead atoms. The second-order valence-electron chi connectivity index (χ2n) is 5.31. The Bertz CT molecular complexity index is 417. The van der Waals surface area contributed by atoms with E-state index in [0.717, 1.165) is 12.1 Å². The van der Waals surface area contributed by atoms with Crippen molar-refractivity contribution in [3.05, 3.63) is 35.4 Å². The van der Waals surface area contributed by atoms with Crippen LogP contribution in [0.15, 0.2) is 24.3 Å². The number of nitrogens with two attached hydrogens (primary N) is 1. The van der Waals surface area contributed by atoms with Crippen molar-refractivity contribution in [1.29, 1.82) is 0 Å². The van der Waals surface area contributed by atoms with Gasteiger partial charge in [0.15, 0.2) is 0 Å². The minimum absolute atomic E-state index is 0. The van der Waals surface area contributed by atoms with Crippen molar-refractivity contribution >= 4 is 30.7 Å². The Hall–Kier alpha value is -0.810. The molecule has 1 saturated heterocycles. The van der Waals surface area contributed by atoms with Gasteiger partial charge in [-0.2, -0.15) is 0 Å². The molecule has 1 fully saturated rings. The van der Waals surface area contributed by atoms with E-state index >= 15 is 0 Å². The SMILES string of the molecule is C[C@@H](N)C(=O)NCc1ccc(CN2CCCC2)cc1.Cl.Cl. The molecule has 0 saturated carbocycles. The molecule has 0 radical (unpaired) electrons. The summed E-state index contributed by atoms with van der Waals surface area (Å²) in [6.45, 7) is 5.70. The summed E-state index contributed by atoms with van der Waals surface area (Å²) in [7, 11) is 0. The number of carbonyl (C=O) groups excluding carboxylic acids is 1. The molecule has 1 heterocycles. The number of carbonyl (C=O) groups is 1. The van der Waals surface area contributed by atoms with Gasteiger partial charge in [0.1, 0.15) is 0 Å². The second-order valence-corrected chi connectivity index (χ2v) is 5.31. The summed E-state index contributed by atoms with van der Waals surface area (Å²) >= 11 is 0. The maximum Gasteiger partial charge on any atom is 0.236 e. The van der Waals surface area contributed by atoms with Gasteiger partial charge in [-0.25, -0.2) is 0 Å². The van der Waals surface area contributed by atoms with Crippen LogP contribution < -0.4 is 11.1 Å². The van der Waals surface area contributed by atoms with Crippen LogP contribution >= 0.6 is 24.8 Å². The second kappa shape index (κ2) is 10.0. The van der Waals surface area contributed by atoms with Gasteiger partial charge < -0.3 is 11.1 Å². The number of benzene rings is 1. The van der Waals surface area contributed by atoms with Crippen molar-refractivity contribution in [1.82, 2.24) is 10.2 Å². The lowest BCUT2D eigenvalue weighted by Crippen LogP contribution is -2.37. The maximum atomic E-state index is 11.4. The third kappa shape index (κ3) is 6.66. The molecule has 3 N–H and O–H groups in total. The van der Waals surface area contributed by atoms with Crippen LogP contribution in [0.25, 0.3) is 0 Å². The number of hydrogen-bond acceptors (Lipinski definition) is 3. The van der Waals surface area contributed by atoms with Gasteiger partial charge in [-0.3, -0.25) is 9.69 Å². The molecule has 21 heavy (non-hydrogen) atoms. The predicted octanol–water partition coefficient (Wildman–Crippen LogP) is 2.09. The number of nitrogens with zero attached hydrogens (tertiary/aromatic N) is 1. The molecule has 4 nitrogen and oxygen atoms in total. The van der Waals surface area contributed by atoms with E-state index in [1.165, 1.54) is 31.5 Å². The highest BCUT2D eigenvalue weighted by Gasteiger charge is 2.11. The fourth-order valence-corrected chi connectivity index (χ4v) is 2.31. The van der Waals surface area contributed by atoms with E-state index in [-0.39, 0.29) is 30.7 Å². The summed E-state index contributed by atoms with van der Waals surface area (Å²) in [4.78, 5) is 13.8. The fraction of sp³-hybridized carbons (Fsp3) is 0.533. The highest BCUT2D eigenvalue weighted by atomic mass is 35.5. The Morgan fingerprint density at radius 1 is 1.19 bits per heavy atom. The molecule has 0 unspecified atom stereocenters. The smallest absolute Gasteiger partial charge is 0.236 e. The van der Waals surface area contributed by atoms with Gasteiger partial charge in [0.05, 0.1) is 6.04 Å². The van der Waals surface area contributed by atoms with Crippen LogP contribution in [0, 0.1) is 0 Å². The van der Waals surface area contributed by atoms with Gasteiger partial charge in [0.25, 0.3) is 0 Å². The number of hydrogen-bond donors (Lipinski definition) is 2. The first-order chi connectivity index (χ1) is 9.15. The molecule has 0 aromatic heterocycles. The molecule has 1 atom stereocenters. The van der Waals surface area contributed by atoms with Crippen molar-refractivity contribution in [2.75, 3.05) is 13.1 Å². The van der Waals surface area contributed by atoms with Crippen molar-refractivity contribution < 1.29 is 4.79 Å². The van der Waals surface area contributed by atoms with Gasteiger partial charge >= 0.3 is 0 Å². The zero-order valence-electron chi connectivity index (χ0n) is 12.4. The Kier molecular flexibility index (Phi) is 9.62. The zero-order valence-corrected chi connectivity index (χ0v) is 14.0. The first-order valence-corrected chi connectivity index (χ1v) is 6.98. The third-order valence-corrected chi connectivity index (χ3v) is 3.51. The van der Waals surface area contributed by atoms with Crippen LogP contribution in [-0.2, 0) is 17.9 Å². The number of nitrogens with one attached hydrogen (secondary N) is 1. The normalized spacial score (nSPS) is 15.7. The summed E-state index contributed by atoms with van der Waals surface area (Å²) in [6.07, 6.45) is 2.64. The van der Waals surface area contributed by atoms with Crippen molar-refractivity contribution in [3.63, 3.8) is 0 Å². The van der Waals surface area contributed by atoms with E-state index in [9.17, 15) is 4.79 Å². The Morgan fingerprint density at radius 3 is 2.24 bits per heavy atom. The van der Waals surface area contributed by atoms with Crippen molar-refractivity contribution in [2.24, 2.45) is 5.73 Å². The van der Waals surface area contributed by atoms with Crippen LogP contribution in [0.1, 0.15) is 30.9 Å². The molecular formula is C15H25Cl2N3O. The van der Waals surface area contributed by atoms with E-state index in [4.69, 9.17) is 5.73 Å². The van der Waals surface area contributed by atoms with E-state index in [1.807, 2.05) is 0 Å². The van der Waals surface area contributed by atoms with Gasteiger partial charge in [0, 0.05) is 13.1 Å². The first kappa shape index (κ1) is 20.2. The average molecular weight is 334 g/mol. The minimum atomic E-state index is -0.450. The number of halogens is 2. The molecule has 0 spiro atoms. The van der Waals surface area contributed by atoms with Crippen LogP contribution in [0.5, 0.6) is 0 Å². The molecule has 1 aliphatic heterocycles. The predicted molar refractivity (Wildman–Crippen MR) is 90.9 cm³/mol. The van der Waals surface area contributed by atoms with E-state index in [2.05, 4.69) is 34.5 Å². The summed E-state index contributed by atoms with van der Waals surface area (Å²) in [6, 6.07) is 7.99. The van der Waals surface area contributed by atoms with Crippen LogP contribution in [-0.4, -0.2) is 29.9 Å². The van der Waals surface area contributed by atoms with Crippen molar-refractivity contribution in [3.8, 4) is 0 Å². The Labute approximate surface area is 139 Å². The molecular weight excluding hydrogens is 309 g/mol. The monoisotopic (exact) mass is 333 g/mol. The fourth-order valence-electron chi connectivity index (χ4n) is 2.31. The summed E-state index contributed by atoms with van der Waals surface area (Å²) in [5, 5.41) is 2.82. The van der Waals surface area contributed by atoms with Crippen molar-refractivity contribution in [2.45, 2.75) is 38.9 Å². The van der Waals surface area contributed by atoms with Crippen LogP contribution in [0.3, 0.4) is 0 Å². The molecule has 1 amide bonds. The lowest BCUT2D eigenvalue weighted by molar-refractivity contribution is -0.122. The lowest BCUT2D eigenvalue weighted by Gasteiger charge is -2.14. The van der Waals surface area contributed by atoms with Gasteiger partial charge in [-0.05, 0) is 44.0 Å².